The highest BCUT2D eigenvalue weighted by Gasteiger charge is 2.54. The van der Waals surface area contributed by atoms with Crippen LogP contribution in [0.25, 0.3) is 0 Å². The monoisotopic (exact) mass is 452 g/mol. The van der Waals surface area contributed by atoms with Gasteiger partial charge in [-0.25, -0.2) is 28.1 Å². The lowest BCUT2D eigenvalue weighted by Gasteiger charge is -2.35. The fraction of sp³-hybridized carbons (Fsp3) is 0.400. The van der Waals surface area contributed by atoms with Gasteiger partial charge in [0.05, 0.1) is 32.2 Å². The van der Waals surface area contributed by atoms with E-state index in [0.717, 1.165) is 6.07 Å². The lowest BCUT2D eigenvalue weighted by atomic mass is 9.78. The van der Waals surface area contributed by atoms with Crippen LogP contribution in [0.2, 0.25) is 0 Å². The van der Waals surface area contributed by atoms with E-state index in [4.69, 9.17) is 15.2 Å². The topological polar surface area (TPSA) is 99.7 Å². The highest BCUT2D eigenvalue weighted by Crippen LogP contribution is 2.48. The zero-order valence-corrected chi connectivity index (χ0v) is 17.3. The number of ketones is 1. The van der Waals surface area contributed by atoms with Crippen molar-refractivity contribution in [2.75, 3.05) is 26.1 Å². The van der Waals surface area contributed by atoms with Gasteiger partial charge in [0.2, 0.25) is 5.88 Å². The standard InChI is InChI=1S/C20H19F3N4O3S/c1-29-17-7-25-14(6-26-17)15(28)4-10-2-11(18(23)13(22)3-10)20-9-30-16(5-21)12(20)8-31-19(24)27-20/h2-3,6-7,12,16H,4-5,8-9H2,1H3,(H2,24,27)/t12-,16-,20-/m1/s1. The van der Waals surface area contributed by atoms with Crippen molar-refractivity contribution in [2.24, 2.45) is 16.6 Å². The Morgan fingerprint density at radius 3 is 2.84 bits per heavy atom. The molecule has 4 rings (SSSR count). The third kappa shape index (κ3) is 3.87. The van der Waals surface area contributed by atoms with Crippen LogP contribution < -0.4 is 10.5 Å². The molecular weight excluding hydrogens is 433 g/mol. The lowest BCUT2D eigenvalue weighted by Crippen LogP contribution is -2.43. The molecule has 7 nitrogen and oxygen atoms in total. The molecule has 2 aromatic rings. The molecule has 31 heavy (non-hydrogen) atoms. The summed E-state index contributed by atoms with van der Waals surface area (Å²) in [5.74, 6) is -2.61. The number of ether oxygens (including phenoxy) is 2. The average molecular weight is 452 g/mol. The Kier molecular flexibility index (Phi) is 5.89. The zero-order valence-electron chi connectivity index (χ0n) is 16.5. The number of aliphatic imine (C=N–C) groups is 1. The van der Waals surface area contributed by atoms with Gasteiger partial charge in [-0.2, -0.15) is 0 Å². The number of methoxy groups -OCH3 is 1. The van der Waals surface area contributed by atoms with E-state index in [1.165, 1.54) is 37.3 Å². The molecule has 3 heterocycles. The number of alkyl halides is 1. The van der Waals surface area contributed by atoms with Gasteiger partial charge in [0.15, 0.2) is 22.6 Å². The first-order chi connectivity index (χ1) is 14.9. The Morgan fingerprint density at radius 1 is 1.35 bits per heavy atom. The number of Topliss-reactive ketones (excluding diaryl/α,β-unsaturated/α-hetero) is 1. The van der Waals surface area contributed by atoms with Crippen LogP contribution in [0, 0.1) is 17.6 Å². The van der Waals surface area contributed by atoms with Crippen LogP contribution in [0.3, 0.4) is 0 Å². The van der Waals surface area contributed by atoms with Gasteiger partial charge < -0.3 is 15.2 Å². The normalized spacial score (nSPS) is 25.1. The Morgan fingerprint density at radius 2 is 2.16 bits per heavy atom. The summed E-state index contributed by atoms with van der Waals surface area (Å²) in [5.41, 5.74) is 4.71. The van der Waals surface area contributed by atoms with Gasteiger partial charge in [-0.15, -0.1) is 0 Å². The fourth-order valence-electron chi connectivity index (χ4n) is 3.92. The summed E-state index contributed by atoms with van der Waals surface area (Å²) in [6.45, 7) is -0.911. The molecule has 1 aromatic carbocycles. The summed E-state index contributed by atoms with van der Waals surface area (Å²) >= 11 is 1.22. The molecule has 0 radical (unpaired) electrons. The van der Waals surface area contributed by atoms with E-state index in [-0.39, 0.29) is 40.9 Å². The summed E-state index contributed by atoms with van der Waals surface area (Å²) < 4.78 is 53.4. The molecule has 1 saturated heterocycles. The third-order valence-electron chi connectivity index (χ3n) is 5.49. The molecule has 164 valence electrons. The van der Waals surface area contributed by atoms with Crippen molar-refractivity contribution >= 4 is 22.7 Å². The smallest absolute Gasteiger partial charge is 0.232 e. The van der Waals surface area contributed by atoms with Gasteiger partial charge in [-0.1, -0.05) is 11.8 Å². The second-order valence-corrected chi connectivity index (χ2v) is 8.32. The Labute approximate surface area is 180 Å². The van der Waals surface area contributed by atoms with Gasteiger partial charge in [0.25, 0.3) is 0 Å². The second-order valence-electron chi connectivity index (χ2n) is 7.28. The molecule has 0 unspecified atom stereocenters. The maximum atomic E-state index is 14.9. The highest BCUT2D eigenvalue weighted by atomic mass is 32.2. The number of aromatic nitrogens is 2. The summed E-state index contributed by atoms with van der Waals surface area (Å²) in [7, 11) is 1.42. The van der Waals surface area contributed by atoms with E-state index in [2.05, 4.69) is 15.0 Å². The predicted molar refractivity (Wildman–Crippen MR) is 108 cm³/mol. The first kappa shape index (κ1) is 21.6. The van der Waals surface area contributed by atoms with Gasteiger partial charge in [-0.3, -0.25) is 4.79 Å². The summed E-state index contributed by atoms with van der Waals surface area (Å²) in [6, 6.07) is 2.32. The van der Waals surface area contributed by atoms with Crippen LogP contribution in [0.4, 0.5) is 13.2 Å². The summed E-state index contributed by atoms with van der Waals surface area (Å²) in [6.07, 6.45) is 1.49. The third-order valence-corrected chi connectivity index (χ3v) is 6.41. The SMILES string of the molecule is COc1cnc(C(=O)Cc2cc(F)c(F)c([C@]34CO[C@H](CF)[C@H]3CSC(N)=N4)c2)cn1. The number of benzene rings is 1. The first-order valence-corrected chi connectivity index (χ1v) is 10.4. The fourth-order valence-corrected chi connectivity index (χ4v) is 4.99. The predicted octanol–water partition coefficient (Wildman–Crippen LogP) is 2.43. The molecular formula is C20H19F3N4O3S. The number of carbonyl (C=O) groups is 1. The maximum Gasteiger partial charge on any atom is 0.232 e. The van der Waals surface area contributed by atoms with Crippen LogP contribution in [0.5, 0.6) is 5.88 Å². The van der Waals surface area contributed by atoms with E-state index < -0.39 is 41.7 Å². The Bertz CT molecular complexity index is 1040. The Hall–Kier alpha value is -2.66. The number of halogens is 3. The second kappa shape index (κ2) is 8.46. The number of rotatable bonds is 6. The van der Waals surface area contributed by atoms with Crippen molar-refractivity contribution < 1.29 is 27.4 Å². The molecule has 2 aliphatic heterocycles. The minimum absolute atomic E-state index is 0.0566. The quantitative estimate of drug-likeness (QED) is 0.672. The number of thioether (sulfide) groups is 1. The number of fused-ring (bicyclic) bond motifs is 1. The molecule has 3 atom stereocenters. The number of hydrogen-bond donors (Lipinski definition) is 1. The van der Waals surface area contributed by atoms with Gasteiger partial charge in [0, 0.05) is 23.7 Å². The molecule has 0 spiro atoms. The number of hydrogen-bond acceptors (Lipinski definition) is 8. The van der Waals surface area contributed by atoms with Crippen LogP contribution in [0.15, 0.2) is 29.5 Å². The lowest BCUT2D eigenvalue weighted by molar-refractivity contribution is 0.0720. The molecule has 0 bridgehead atoms. The van der Waals surface area contributed by atoms with E-state index in [1.807, 2.05) is 0 Å². The van der Waals surface area contributed by atoms with Crippen LogP contribution in [-0.4, -0.2) is 53.2 Å². The highest BCUT2D eigenvalue weighted by molar-refractivity contribution is 8.13. The largest absolute Gasteiger partial charge is 0.480 e. The van der Waals surface area contributed by atoms with Crippen molar-refractivity contribution in [2.45, 2.75) is 18.1 Å². The van der Waals surface area contributed by atoms with Crippen molar-refractivity contribution in [1.29, 1.82) is 0 Å². The summed E-state index contributed by atoms with van der Waals surface area (Å²) in [5, 5.41) is 0.189. The first-order valence-electron chi connectivity index (χ1n) is 9.41. The number of nitrogens with zero attached hydrogens (tertiary/aromatic N) is 3. The van der Waals surface area contributed by atoms with Crippen molar-refractivity contribution in [1.82, 2.24) is 9.97 Å². The maximum absolute atomic E-state index is 14.9. The van der Waals surface area contributed by atoms with E-state index in [9.17, 15) is 18.0 Å². The zero-order chi connectivity index (χ0) is 22.2. The van der Waals surface area contributed by atoms with E-state index in [1.54, 1.807) is 0 Å². The summed E-state index contributed by atoms with van der Waals surface area (Å²) in [4.78, 5) is 24.9. The molecule has 0 saturated carbocycles. The van der Waals surface area contributed by atoms with Gasteiger partial charge >= 0.3 is 0 Å². The van der Waals surface area contributed by atoms with Gasteiger partial charge in [0.1, 0.15) is 17.9 Å². The van der Waals surface area contributed by atoms with Crippen LogP contribution in [-0.2, 0) is 16.7 Å². The number of carbonyl (C=O) groups excluding carboxylic acids is 1. The molecule has 2 aliphatic rings. The average Bonchev–Trinajstić information content (AvgIpc) is 3.14. The molecule has 0 amide bonds. The van der Waals surface area contributed by atoms with Gasteiger partial charge in [-0.05, 0) is 17.7 Å². The molecule has 2 N–H and O–H groups in total. The molecule has 1 aromatic heterocycles. The van der Waals surface area contributed by atoms with Crippen LogP contribution >= 0.6 is 11.8 Å². The van der Waals surface area contributed by atoms with Crippen LogP contribution in [0.1, 0.15) is 21.6 Å². The van der Waals surface area contributed by atoms with Crippen molar-refractivity contribution in [3.8, 4) is 5.88 Å². The minimum Gasteiger partial charge on any atom is -0.480 e. The Balaban J connectivity index is 1.71. The van der Waals surface area contributed by atoms with E-state index in [0.29, 0.717) is 5.75 Å². The number of amidine groups is 1. The minimum atomic E-state index is -1.35. The van der Waals surface area contributed by atoms with Crippen molar-refractivity contribution in [3.63, 3.8) is 0 Å². The number of nitrogens with two attached hydrogens (primary N) is 1. The van der Waals surface area contributed by atoms with E-state index >= 15 is 0 Å². The molecule has 11 heteroatoms. The molecule has 0 aliphatic carbocycles. The molecule has 1 fully saturated rings. The van der Waals surface area contributed by atoms with Crippen molar-refractivity contribution in [3.05, 3.63) is 53.0 Å².